The van der Waals surface area contributed by atoms with E-state index in [0.717, 1.165) is 24.3 Å². The van der Waals surface area contributed by atoms with Crippen LogP contribution in [0.3, 0.4) is 0 Å². The number of benzene rings is 1. The van der Waals surface area contributed by atoms with Crippen LogP contribution in [0, 0.1) is 5.82 Å². The zero-order chi connectivity index (χ0) is 21.1. The molecule has 0 bridgehead atoms. The molecule has 1 aliphatic heterocycles. The Labute approximate surface area is 175 Å². The molecule has 7 nitrogen and oxygen atoms in total. The number of methoxy groups -OCH3 is 1. The smallest absolute Gasteiger partial charge is 0.150 e. The number of pyridine rings is 1. The molecule has 1 fully saturated rings. The molecule has 4 rings (SSSR count). The van der Waals surface area contributed by atoms with E-state index in [1.807, 2.05) is 19.1 Å². The van der Waals surface area contributed by atoms with Gasteiger partial charge in [-0.3, -0.25) is 4.98 Å². The molecule has 2 aromatic heterocycles. The van der Waals surface area contributed by atoms with Crippen LogP contribution in [0.2, 0.25) is 0 Å². The molecule has 30 heavy (non-hydrogen) atoms. The summed E-state index contributed by atoms with van der Waals surface area (Å²) in [6.07, 6.45) is 4.90. The van der Waals surface area contributed by atoms with Crippen LogP contribution in [-0.2, 0) is 4.74 Å². The third-order valence-electron chi connectivity index (χ3n) is 5.27. The summed E-state index contributed by atoms with van der Waals surface area (Å²) in [6, 6.07) is 10.4. The van der Waals surface area contributed by atoms with Crippen molar-refractivity contribution in [2.45, 2.75) is 25.5 Å². The van der Waals surface area contributed by atoms with Gasteiger partial charge in [-0.05, 0) is 31.5 Å². The molecule has 1 atom stereocenters. The van der Waals surface area contributed by atoms with Crippen LogP contribution in [0.25, 0.3) is 0 Å². The van der Waals surface area contributed by atoms with Crippen molar-refractivity contribution < 1.29 is 9.13 Å². The van der Waals surface area contributed by atoms with Crippen LogP contribution in [0.15, 0.2) is 55.0 Å². The molecule has 0 radical (unpaired) electrons. The highest BCUT2D eigenvalue weighted by atomic mass is 19.1. The van der Waals surface area contributed by atoms with Crippen LogP contribution >= 0.6 is 0 Å². The Morgan fingerprint density at radius 1 is 1.10 bits per heavy atom. The Balaban J connectivity index is 1.59. The van der Waals surface area contributed by atoms with E-state index in [2.05, 4.69) is 37.4 Å². The molecule has 0 spiro atoms. The molecule has 0 amide bonds. The molecular weight excluding hydrogens is 383 g/mol. The van der Waals surface area contributed by atoms with Gasteiger partial charge in [0.2, 0.25) is 0 Å². The molecule has 8 heteroatoms. The molecule has 3 aromatic rings. The van der Waals surface area contributed by atoms with Crippen molar-refractivity contribution in [2.24, 2.45) is 0 Å². The molecule has 3 heterocycles. The number of aromatic nitrogens is 3. The number of hydrogen-bond acceptors (Lipinski definition) is 7. The average molecular weight is 408 g/mol. The maximum Gasteiger partial charge on any atom is 0.150 e. The predicted molar refractivity (Wildman–Crippen MR) is 116 cm³/mol. The monoisotopic (exact) mass is 408 g/mol. The van der Waals surface area contributed by atoms with E-state index in [1.165, 1.54) is 12.1 Å². The number of nitrogens with zero attached hydrogens (tertiary/aromatic N) is 4. The lowest BCUT2D eigenvalue weighted by atomic mass is 9.96. The zero-order valence-corrected chi connectivity index (χ0v) is 17.3. The van der Waals surface area contributed by atoms with E-state index in [0.29, 0.717) is 17.5 Å². The van der Waals surface area contributed by atoms with Crippen molar-refractivity contribution >= 4 is 23.1 Å². The number of halogens is 1. The van der Waals surface area contributed by atoms with Gasteiger partial charge in [0, 0.05) is 56.5 Å². The summed E-state index contributed by atoms with van der Waals surface area (Å²) >= 11 is 0. The Hall–Kier alpha value is -3.26. The van der Waals surface area contributed by atoms with E-state index >= 15 is 0 Å². The molecule has 1 saturated heterocycles. The second kappa shape index (κ2) is 8.23. The topological polar surface area (TPSA) is 75.2 Å². The van der Waals surface area contributed by atoms with Gasteiger partial charge in [0.15, 0.2) is 0 Å². The molecular formula is C22H25FN6O. The molecule has 1 unspecified atom stereocenters. The van der Waals surface area contributed by atoms with Gasteiger partial charge in [0.05, 0.1) is 11.8 Å². The molecule has 0 aliphatic carbocycles. The lowest BCUT2D eigenvalue weighted by Gasteiger charge is -2.48. The quantitative estimate of drug-likeness (QED) is 0.608. The summed E-state index contributed by atoms with van der Waals surface area (Å²) in [6.45, 7) is 5.71. The minimum atomic E-state index is -0.250. The SMILES string of the molecule is COC1(C)CN(c2cc(Nc3cnccn3)nc(NC(C)c3ccc(F)cc3)c2)C1. The fraction of sp³-hybridized carbons (Fsp3) is 0.318. The third-order valence-corrected chi connectivity index (χ3v) is 5.27. The van der Waals surface area contributed by atoms with Crippen LogP contribution in [-0.4, -0.2) is 40.8 Å². The van der Waals surface area contributed by atoms with Gasteiger partial charge < -0.3 is 20.3 Å². The molecule has 2 N–H and O–H groups in total. The first kappa shape index (κ1) is 20.0. The summed E-state index contributed by atoms with van der Waals surface area (Å²) in [5, 5.41) is 6.63. The van der Waals surface area contributed by atoms with E-state index in [9.17, 15) is 4.39 Å². The van der Waals surface area contributed by atoms with E-state index in [4.69, 9.17) is 4.74 Å². The van der Waals surface area contributed by atoms with Gasteiger partial charge in [0.25, 0.3) is 0 Å². The van der Waals surface area contributed by atoms with Gasteiger partial charge in [-0.2, -0.15) is 0 Å². The van der Waals surface area contributed by atoms with Crippen LogP contribution in [0.4, 0.5) is 27.5 Å². The Kier molecular flexibility index (Phi) is 5.50. The average Bonchev–Trinajstić information content (AvgIpc) is 2.72. The normalized spacial score (nSPS) is 15.9. The van der Waals surface area contributed by atoms with Gasteiger partial charge in [-0.1, -0.05) is 12.1 Å². The number of rotatable bonds is 7. The summed E-state index contributed by atoms with van der Waals surface area (Å²) < 4.78 is 18.8. The Morgan fingerprint density at radius 3 is 2.50 bits per heavy atom. The van der Waals surface area contributed by atoms with E-state index < -0.39 is 0 Å². The fourth-order valence-corrected chi connectivity index (χ4v) is 3.46. The molecule has 1 aromatic carbocycles. The Bertz CT molecular complexity index is 992. The summed E-state index contributed by atoms with van der Waals surface area (Å²) in [5.41, 5.74) is 1.86. The van der Waals surface area contributed by atoms with Crippen molar-refractivity contribution in [2.75, 3.05) is 35.7 Å². The summed E-state index contributed by atoms with van der Waals surface area (Å²) in [5.74, 6) is 1.74. The number of anilines is 4. The first-order valence-corrected chi connectivity index (χ1v) is 9.81. The number of ether oxygens (including phenoxy) is 1. The molecule has 156 valence electrons. The van der Waals surface area contributed by atoms with Gasteiger partial charge in [0.1, 0.15) is 23.3 Å². The van der Waals surface area contributed by atoms with Crippen molar-refractivity contribution in [3.05, 3.63) is 66.4 Å². The van der Waals surface area contributed by atoms with Crippen LogP contribution in [0.5, 0.6) is 0 Å². The van der Waals surface area contributed by atoms with Crippen LogP contribution in [0.1, 0.15) is 25.5 Å². The van der Waals surface area contributed by atoms with E-state index in [-0.39, 0.29) is 17.5 Å². The summed E-state index contributed by atoms with van der Waals surface area (Å²) in [4.78, 5) is 15.3. The van der Waals surface area contributed by atoms with Gasteiger partial charge >= 0.3 is 0 Å². The first-order chi connectivity index (χ1) is 14.4. The number of hydrogen-bond donors (Lipinski definition) is 2. The largest absolute Gasteiger partial charge is 0.375 e. The zero-order valence-electron chi connectivity index (χ0n) is 17.3. The highest BCUT2D eigenvalue weighted by molar-refractivity contribution is 5.66. The Morgan fingerprint density at radius 2 is 1.83 bits per heavy atom. The maximum absolute atomic E-state index is 13.2. The van der Waals surface area contributed by atoms with Crippen molar-refractivity contribution in [3.63, 3.8) is 0 Å². The first-order valence-electron chi connectivity index (χ1n) is 9.81. The van der Waals surface area contributed by atoms with Crippen molar-refractivity contribution in [1.29, 1.82) is 0 Å². The van der Waals surface area contributed by atoms with Crippen molar-refractivity contribution in [3.8, 4) is 0 Å². The molecule has 1 aliphatic rings. The molecule has 0 saturated carbocycles. The lowest BCUT2D eigenvalue weighted by molar-refractivity contribution is -0.0167. The lowest BCUT2D eigenvalue weighted by Crippen LogP contribution is -2.61. The minimum Gasteiger partial charge on any atom is -0.375 e. The third kappa shape index (κ3) is 4.49. The summed E-state index contributed by atoms with van der Waals surface area (Å²) in [7, 11) is 1.74. The highest BCUT2D eigenvalue weighted by Crippen LogP contribution is 2.33. The second-order valence-corrected chi connectivity index (χ2v) is 7.74. The van der Waals surface area contributed by atoms with Crippen molar-refractivity contribution in [1.82, 2.24) is 15.0 Å². The van der Waals surface area contributed by atoms with Crippen LogP contribution < -0.4 is 15.5 Å². The standard InChI is InChI=1S/C22H25FN6O/c1-15(16-4-6-17(23)7-5-16)26-19-10-18(29-13-22(2,14-29)30-3)11-20(27-19)28-21-12-24-8-9-25-21/h4-12,15H,13-14H2,1-3H3,(H2,25,26,27,28). The highest BCUT2D eigenvalue weighted by Gasteiger charge is 2.39. The number of nitrogens with one attached hydrogen (secondary N) is 2. The van der Waals surface area contributed by atoms with Gasteiger partial charge in [-0.25, -0.2) is 14.4 Å². The maximum atomic E-state index is 13.2. The van der Waals surface area contributed by atoms with Gasteiger partial charge in [-0.15, -0.1) is 0 Å². The predicted octanol–water partition coefficient (Wildman–Crippen LogP) is 4.15. The second-order valence-electron chi connectivity index (χ2n) is 7.74. The minimum absolute atomic E-state index is 0.0432. The fourth-order valence-electron chi connectivity index (χ4n) is 3.46. The van der Waals surface area contributed by atoms with E-state index in [1.54, 1.807) is 37.8 Å².